The summed E-state index contributed by atoms with van der Waals surface area (Å²) in [5, 5.41) is 3.59. The summed E-state index contributed by atoms with van der Waals surface area (Å²) in [6.45, 7) is 1.01. The van der Waals surface area contributed by atoms with Crippen LogP contribution < -0.4 is 5.32 Å². The zero-order valence-corrected chi connectivity index (χ0v) is 18.9. The average molecular weight is 471 g/mol. The van der Waals surface area contributed by atoms with E-state index in [4.69, 9.17) is 27.9 Å². The molecule has 2 aromatic rings. The molecule has 0 bridgehead atoms. The third-order valence-electron chi connectivity index (χ3n) is 4.99. The molecule has 1 atom stereocenters. The Labute approximate surface area is 187 Å². The molecule has 0 unspecified atom stereocenters. The van der Waals surface area contributed by atoms with Gasteiger partial charge in [-0.15, -0.1) is 0 Å². The van der Waals surface area contributed by atoms with Crippen LogP contribution in [0.2, 0.25) is 10.0 Å². The van der Waals surface area contributed by atoms with Crippen LogP contribution in [0, 0.1) is 5.92 Å². The number of nitrogens with zero attached hydrogens (tertiary/aromatic N) is 1. The number of anilines is 1. The number of hydrogen-bond acceptors (Lipinski definition) is 4. The van der Waals surface area contributed by atoms with Crippen LogP contribution in [0.5, 0.6) is 0 Å². The maximum Gasteiger partial charge on any atom is 0.228 e. The Morgan fingerprint density at radius 3 is 2.70 bits per heavy atom. The van der Waals surface area contributed by atoms with Gasteiger partial charge in [-0.25, -0.2) is 12.7 Å². The summed E-state index contributed by atoms with van der Waals surface area (Å²) in [6, 6.07) is 12.2. The summed E-state index contributed by atoms with van der Waals surface area (Å²) < 4.78 is 32.3. The van der Waals surface area contributed by atoms with Gasteiger partial charge in [0.25, 0.3) is 0 Å². The van der Waals surface area contributed by atoms with Gasteiger partial charge in [0.1, 0.15) is 0 Å². The summed E-state index contributed by atoms with van der Waals surface area (Å²) in [5.74, 6) is -0.774. The van der Waals surface area contributed by atoms with E-state index in [1.165, 1.54) is 4.31 Å². The number of hydrogen-bond donors (Lipinski definition) is 1. The number of rotatable bonds is 7. The fourth-order valence-corrected chi connectivity index (χ4v) is 5.41. The normalized spacial score (nSPS) is 17.6. The summed E-state index contributed by atoms with van der Waals surface area (Å²) in [5.41, 5.74) is 2.18. The second-order valence-corrected chi connectivity index (χ2v) is 10.1. The van der Waals surface area contributed by atoms with Crippen LogP contribution in [-0.4, -0.2) is 38.8 Å². The van der Waals surface area contributed by atoms with Crippen molar-refractivity contribution < 1.29 is 17.9 Å². The Morgan fingerprint density at radius 1 is 1.17 bits per heavy atom. The van der Waals surface area contributed by atoms with E-state index in [-0.39, 0.29) is 18.2 Å². The van der Waals surface area contributed by atoms with E-state index in [0.717, 1.165) is 5.56 Å². The first-order valence-electron chi connectivity index (χ1n) is 9.59. The first-order valence-corrected chi connectivity index (χ1v) is 12.0. The molecule has 1 saturated heterocycles. The van der Waals surface area contributed by atoms with E-state index in [2.05, 4.69) is 5.32 Å². The Morgan fingerprint density at radius 2 is 1.97 bits per heavy atom. The summed E-state index contributed by atoms with van der Waals surface area (Å²) in [4.78, 5) is 12.8. The molecule has 1 amide bonds. The largest absolute Gasteiger partial charge is 0.380 e. The van der Waals surface area contributed by atoms with Crippen LogP contribution in [0.1, 0.15) is 24.0 Å². The van der Waals surface area contributed by atoms with Crippen molar-refractivity contribution in [2.24, 2.45) is 5.92 Å². The van der Waals surface area contributed by atoms with Crippen molar-refractivity contribution in [1.29, 1.82) is 0 Å². The van der Waals surface area contributed by atoms with Crippen molar-refractivity contribution in [3.8, 4) is 0 Å². The number of carbonyl (C=O) groups excluding carboxylic acids is 1. The van der Waals surface area contributed by atoms with Gasteiger partial charge in [-0.05, 0) is 48.2 Å². The lowest BCUT2D eigenvalue weighted by Gasteiger charge is -2.31. The third-order valence-corrected chi connectivity index (χ3v) is 7.54. The minimum absolute atomic E-state index is 0.160. The molecular weight excluding hydrogens is 447 g/mol. The number of nitrogens with one attached hydrogen (secondary N) is 1. The Hall–Kier alpha value is -1.64. The van der Waals surface area contributed by atoms with Crippen molar-refractivity contribution >= 4 is 44.8 Å². The number of sulfonamides is 1. The molecule has 0 aromatic heterocycles. The van der Waals surface area contributed by atoms with Crippen LogP contribution in [0.4, 0.5) is 5.69 Å². The highest BCUT2D eigenvalue weighted by molar-refractivity contribution is 7.88. The van der Waals surface area contributed by atoms with Gasteiger partial charge in [-0.2, -0.15) is 0 Å². The molecule has 2 aromatic carbocycles. The molecule has 0 saturated carbocycles. The quantitative estimate of drug-likeness (QED) is 0.653. The molecule has 30 heavy (non-hydrogen) atoms. The molecule has 1 N–H and O–H groups in total. The minimum atomic E-state index is -3.58. The molecular formula is C21H24Cl2N2O4S. The number of piperidine rings is 1. The molecule has 6 nitrogen and oxygen atoms in total. The van der Waals surface area contributed by atoms with Gasteiger partial charge < -0.3 is 10.1 Å². The molecule has 1 heterocycles. The van der Waals surface area contributed by atoms with E-state index in [1.54, 1.807) is 31.4 Å². The van der Waals surface area contributed by atoms with Gasteiger partial charge in [0.05, 0.1) is 28.3 Å². The van der Waals surface area contributed by atoms with Crippen LogP contribution in [-0.2, 0) is 31.9 Å². The predicted molar refractivity (Wildman–Crippen MR) is 119 cm³/mol. The van der Waals surface area contributed by atoms with Gasteiger partial charge in [0, 0.05) is 25.9 Å². The molecule has 3 rings (SSSR count). The fourth-order valence-electron chi connectivity index (χ4n) is 3.49. The first kappa shape index (κ1) is 23.0. The van der Waals surface area contributed by atoms with Crippen molar-refractivity contribution in [2.75, 3.05) is 25.5 Å². The van der Waals surface area contributed by atoms with Gasteiger partial charge in [-0.1, -0.05) is 41.4 Å². The molecule has 162 valence electrons. The highest BCUT2D eigenvalue weighted by Crippen LogP contribution is 2.26. The molecule has 0 radical (unpaired) electrons. The Kier molecular flexibility index (Phi) is 7.76. The zero-order chi connectivity index (χ0) is 21.7. The predicted octanol–water partition coefficient (Wildman–Crippen LogP) is 4.32. The van der Waals surface area contributed by atoms with Crippen LogP contribution in [0.15, 0.2) is 42.5 Å². The smallest absolute Gasteiger partial charge is 0.228 e. The minimum Gasteiger partial charge on any atom is -0.380 e. The summed E-state index contributed by atoms with van der Waals surface area (Å²) in [7, 11) is -1.97. The molecule has 1 aliphatic rings. The second kappa shape index (κ2) is 10.1. The van der Waals surface area contributed by atoms with E-state index in [9.17, 15) is 13.2 Å². The van der Waals surface area contributed by atoms with Gasteiger partial charge in [0.2, 0.25) is 15.9 Å². The monoisotopic (exact) mass is 470 g/mol. The van der Waals surface area contributed by atoms with E-state index in [0.29, 0.717) is 47.3 Å². The lowest BCUT2D eigenvalue weighted by molar-refractivity contribution is -0.120. The van der Waals surface area contributed by atoms with E-state index in [1.807, 2.05) is 18.2 Å². The number of halogens is 2. The van der Waals surface area contributed by atoms with Gasteiger partial charge >= 0.3 is 0 Å². The second-order valence-electron chi connectivity index (χ2n) is 7.32. The maximum atomic E-state index is 12.9. The molecule has 0 aliphatic carbocycles. The average Bonchev–Trinajstić information content (AvgIpc) is 2.71. The van der Waals surface area contributed by atoms with Gasteiger partial charge in [-0.3, -0.25) is 4.79 Å². The SMILES string of the molecule is COCc1cccc(NC(=O)[C@H]2CCCN(S(=O)(=O)Cc3ccc(Cl)c(Cl)c3)C2)c1. The highest BCUT2D eigenvalue weighted by Gasteiger charge is 2.32. The fraction of sp³-hybridized carbons (Fsp3) is 0.381. The van der Waals surface area contributed by atoms with E-state index < -0.39 is 15.9 Å². The number of methoxy groups -OCH3 is 1. The summed E-state index contributed by atoms with van der Waals surface area (Å²) >= 11 is 11.9. The van der Waals surface area contributed by atoms with Crippen LogP contribution in [0.25, 0.3) is 0 Å². The number of benzene rings is 2. The zero-order valence-electron chi connectivity index (χ0n) is 16.6. The number of amides is 1. The standard InChI is InChI=1S/C21H24Cl2N2O4S/c1-29-13-15-4-2-6-18(10-15)24-21(26)17-5-3-9-25(12-17)30(27,28)14-16-7-8-19(22)20(23)11-16/h2,4,6-8,10-11,17H,3,5,9,12-14H2,1H3,(H,24,26)/t17-/m0/s1. The molecule has 9 heteroatoms. The molecule has 1 aliphatic heterocycles. The van der Waals surface area contributed by atoms with Crippen molar-refractivity contribution in [3.63, 3.8) is 0 Å². The third kappa shape index (κ3) is 5.95. The van der Waals surface area contributed by atoms with E-state index >= 15 is 0 Å². The molecule has 1 fully saturated rings. The highest BCUT2D eigenvalue weighted by atomic mass is 35.5. The van der Waals surface area contributed by atoms with Gasteiger partial charge in [0.15, 0.2) is 0 Å². The van der Waals surface area contributed by atoms with Crippen molar-refractivity contribution in [3.05, 3.63) is 63.6 Å². The summed E-state index contributed by atoms with van der Waals surface area (Å²) in [6.07, 6.45) is 1.27. The van der Waals surface area contributed by atoms with Crippen LogP contribution >= 0.6 is 23.2 Å². The van der Waals surface area contributed by atoms with Crippen LogP contribution in [0.3, 0.4) is 0 Å². The lowest BCUT2D eigenvalue weighted by Crippen LogP contribution is -2.44. The molecule has 0 spiro atoms. The van der Waals surface area contributed by atoms with Crippen molar-refractivity contribution in [1.82, 2.24) is 4.31 Å². The van der Waals surface area contributed by atoms with Crippen molar-refractivity contribution in [2.45, 2.75) is 25.2 Å². The Balaban J connectivity index is 1.65. The lowest BCUT2D eigenvalue weighted by atomic mass is 9.98. The maximum absolute atomic E-state index is 12.9. The first-order chi connectivity index (χ1) is 14.3. The topological polar surface area (TPSA) is 75.7 Å². The Bertz CT molecular complexity index is 1010. The number of carbonyl (C=O) groups is 1. The number of ether oxygens (including phenoxy) is 1.